The van der Waals surface area contributed by atoms with Gasteiger partial charge in [-0.05, 0) is 43.9 Å². The zero-order valence-corrected chi connectivity index (χ0v) is 10.4. The number of hydrogen-bond acceptors (Lipinski definition) is 3. The van der Waals surface area contributed by atoms with Gasteiger partial charge in [0.15, 0.2) is 0 Å². The van der Waals surface area contributed by atoms with Gasteiger partial charge in [-0.3, -0.25) is 4.79 Å². The summed E-state index contributed by atoms with van der Waals surface area (Å²) in [5.74, 6) is -0.681. The number of hydrogen-bond donors (Lipinski definition) is 2. The largest absolute Gasteiger partial charge is 0.397 e. The molecule has 1 aromatic rings. The molecule has 0 aliphatic carbocycles. The van der Waals surface area contributed by atoms with E-state index in [9.17, 15) is 9.18 Å². The zero-order chi connectivity index (χ0) is 13.3. The summed E-state index contributed by atoms with van der Waals surface area (Å²) in [6.45, 7) is 2.41. The van der Waals surface area contributed by atoms with Gasteiger partial charge in [0.1, 0.15) is 11.9 Å². The third-order valence-electron chi connectivity index (χ3n) is 3.45. The van der Waals surface area contributed by atoms with Crippen LogP contribution in [-0.4, -0.2) is 18.5 Å². The Kier molecular flexibility index (Phi) is 3.41. The summed E-state index contributed by atoms with van der Waals surface area (Å²) >= 11 is 0. The molecule has 1 aliphatic heterocycles. The van der Waals surface area contributed by atoms with E-state index in [0.29, 0.717) is 16.9 Å². The normalized spacial score (nSPS) is 19.9. The molecule has 5 heteroatoms. The molecule has 1 amide bonds. The Morgan fingerprint density at radius 3 is 2.83 bits per heavy atom. The standard InChI is InChI=1S/C13H18FN3O/c1-8-6-12(10(15)7-9(8)14)17-5-3-2-4-11(17)13(16)18/h6-7,11H,2-5,15H2,1H3,(H2,16,18). The van der Waals surface area contributed by atoms with Crippen molar-refractivity contribution < 1.29 is 9.18 Å². The van der Waals surface area contributed by atoms with Crippen LogP contribution in [0.5, 0.6) is 0 Å². The number of piperidine rings is 1. The highest BCUT2D eigenvalue weighted by Gasteiger charge is 2.28. The molecule has 98 valence electrons. The summed E-state index contributed by atoms with van der Waals surface area (Å²) in [4.78, 5) is 13.4. The fraction of sp³-hybridized carbons (Fsp3) is 0.462. The van der Waals surface area contributed by atoms with Gasteiger partial charge >= 0.3 is 0 Å². The lowest BCUT2D eigenvalue weighted by molar-refractivity contribution is -0.119. The number of aryl methyl sites for hydroxylation is 1. The van der Waals surface area contributed by atoms with E-state index in [0.717, 1.165) is 25.8 Å². The van der Waals surface area contributed by atoms with Crippen LogP contribution in [0.3, 0.4) is 0 Å². The summed E-state index contributed by atoms with van der Waals surface area (Å²) < 4.78 is 13.4. The van der Waals surface area contributed by atoms with Crippen LogP contribution < -0.4 is 16.4 Å². The number of rotatable bonds is 2. The van der Waals surface area contributed by atoms with E-state index < -0.39 is 0 Å². The van der Waals surface area contributed by atoms with Crippen molar-refractivity contribution in [3.8, 4) is 0 Å². The first-order chi connectivity index (χ1) is 8.50. The van der Waals surface area contributed by atoms with Crippen molar-refractivity contribution in [2.24, 2.45) is 5.73 Å². The number of nitrogens with zero attached hydrogens (tertiary/aromatic N) is 1. The van der Waals surface area contributed by atoms with Gasteiger partial charge in [0.05, 0.1) is 11.4 Å². The quantitative estimate of drug-likeness (QED) is 0.783. The number of carbonyl (C=O) groups excluding carboxylic acids is 1. The first-order valence-electron chi connectivity index (χ1n) is 6.12. The van der Waals surface area contributed by atoms with E-state index in [1.54, 1.807) is 13.0 Å². The van der Waals surface area contributed by atoms with E-state index >= 15 is 0 Å². The van der Waals surface area contributed by atoms with Crippen LogP contribution in [0.1, 0.15) is 24.8 Å². The lowest BCUT2D eigenvalue weighted by Gasteiger charge is -2.36. The highest BCUT2D eigenvalue weighted by atomic mass is 19.1. The predicted octanol–water partition coefficient (Wildman–Crippen LogP) is 1.56. The Hall–Kier alpha value is -1.78. The Morgan fingerprint density at radius 1 is 1.44 bits per heavy atom. The van der Waals surface area contributed by atoms with Crippen molar-refractivity contribution in [3.05, 3.63) is 23.5 Å². The molecule has 4 N–H and O–H groups in total. The minimum Gasteiger partial charge on any atom is -0.397 e. The van der Waals surface area contributed by atoms with Gasteiger partial charge in [0.25, 0.3) is 0 Å². The summed E-state index contributed by atoms with van der Waals surface area (Å²) in [6, 6.07) is 2.65. The van der Waals surface area contributed by atoms with Crippen LogP contribution in [0.15, 0.2) is 12.1 Å². The number of nitrogen functional groups attached to an aromatic ring is 1. The average molecular weight is 251 g/mol. The minimum absolute atomic E-state index is 0.330. The van der Waals surface area contributed by atoms with Crippen LogP contribution >= 0.6 is 0 Å². The number of nitrogens with two attached hydrogens (primary N) is 2. The van der Waals surface area contributed by atoms with E-state index in [4.69, 9.17) is 11.5 Å². The summed E-state index contributed by atoms with van der Waals surface area (Å²) in [6.07, 6.45) is 2.69. The number of carbonyl (C=O) groups is 1. The van der Waals surface area contributed by atoms with Crippen molar-refractivity contribution in [1.29, 1.82) is 0 Å². The molecule has 1 aliphatic rings. The summed E-state index contributed by atoms with van der Waals surface area (Å²) in [5.41, 5.74) is 12.8. The van der Waals surface area contributed by atoms with Crippen molar-refractivity contribution >= 4 is 17.3 Å². The highest BCUT2D eigenvalue weighted by molar-refractivity contribution is 5.85. The number of amides is 1. The molecule has 2 rings (SSSR count). The van der Waals surface area contributed by atoms with Gasteiger partial charge in [-0.25, -0.2) is 4.39 Å². The Labute approximate surface area is 106 Å². The second-order valence-electron chi connectivity index (χ2n) is 4.77. The molecule has 0 bridgehead atoms. The fourth-order valence-corrected chi connectivity index (χ4v) is 2.45. The first-order valence-corrected chi connectivity index (χ1v) is 6.12. The summed E-state index contributed by atoms with van der Waals surface area (Å²) in [7, 11) is 0. The molecule has 1 unspecified atom stereocenters. The van der Waals surface area contributed by atoms with Gasteiger partial charge < -0.3 is 16.4 Å². The molecule has 1 fully saturated rings. The van der Waals surface area contributed by atoms with Crippen molar-refractivity contribution in [2.45, 2.75) is 32.2 Å². The predicted molar refractivity (Wildman–Crippen MR) is 69.7 cm³/mol. The van der Waals surface area contributed by atoms with Crippen molar-refractivity contribution in [1.82, 2.24) is 0 Å². The molecule has 0 saturated carbocycles. The smallest absolute Gasteiger partial charge is 0.240 e. The Balaban J connectivity index is 2.39. The molecular weight excluding hydrogens is 233 g/mol. The van der Waals surface area contributed by atoms with Crippen molar-refractivity contribution in [3.63, 3.8) is 0 Å². The first kappa shape index (κ1) is 12.7. The van der Waals surface area contributed by atoms with E-state index in [2.05, 4.69) is 0 Å². The number of primary amides is 1. The van der Waals surface area contributed by atoms with Crippen LogP contribution in [-0.2, 0) is 4.79 Å². The van der Waals surface area contributed by atoms with Crippen LogP contribution in [0.4, 0.5) is 15.8 Å². The lowest BCUT2D eigenvalue weighted by atomic mass is 9.99. The zero-order valence-electron chi connectivity index (χ0n) is 10.4. The monoisotopic (exact) mass is 251 g/mol. The number of anilines is 2. The minimum atomic E-state index is -0.351. The van der Waals surface area contributed by atoms with Crippen molar-refractivity contribution in [2.75, 3.05) is 17.2 Å². The fourth-order valence-electron chi connectivity index (χ4n) is 2.45. The van der Waals surface area contributed by atoms with E-state index in [1.807, 2.05) is 4.90 Å². The Bertz CT molecular complexity index is 476. The van der Waals surface area contributed by atoms with Gasteiger partial charge in [0.2, 0.25) is 5.91 Å². The molecule has 0 aromatic heterocycles. The number of benzene rings is 1. The van der Waals surface area contributed by atoms with Crippen LogP contribution in [0.2, 0.25) is 0 Å². The second-order valence-corrected chi connectivity index (χ2v) is 4.77. The molecule has 18 heavy (non-hydrogen) atoms. The van der Waals surface area contributed by atoms with Crippen LogP contribution in [0.25, 0.3) is 0 Å². The van der Waals surface area contributed by atoms with Gasteiger partial charge in [0, 0.05) is 6.54 Å². The van der Waals surface area contributed by atoms with E-state index in [-0.39, 0.29) is 17.8 Å². The van der Waals surface area contributed by atoms with Gasteiger partial charge in [-0.2, -0.15) is 0 Å². The summed E-state index contributed by atoms with van der Waals surface area (Å²) in [5, 5.41) is 0. The SMILES string of the molecule is Cc1cc(N2CCCCC2C(N)=O)c(N)cc1F. The molecular formula is C13H18FN3O. The maximum Gasteiger partial charge on any atom is 0.240 e. The molecule has 1 atom stereocenters. The number of halogens is 1. The molecule has 1 heterocycles. The molecule has 0 spiro atoms. The molecule has 1 saturated heterocycles. The maximum atomic E-state index is 13.4. The second kappa shape index (κ2) is 4.84. The molecule has 4 nitrogen and oxygen atoms in total. The lowest BCUT2D eigenvalue weighted by Crippen LogP contribution is -2.48. The maximum absolute atomic E-state index is 13.4. The topological polar surface area (TPSA) is 72.3 Å². The van der Waals surface area contributed by atoms with Gasteiger partial charge in [-0.1, -0.05) is 0 Å². The third-order valence-corrected chi connectivity index (χ3v) is 3.45. The molecule has 1 aromatic carbocycles. The Morgan fingerprint density at radius 2 is 2.17 bits per heavy atom. The third kappa shape index (κ3) is 2.25. The average Bonchev–Trinajstić information content (AvgIpc) is 2.34. The van der Waals surface area contributed by atoms with E-state index in [1.165, 1.54) is 6.07 Å². The van der Waals surface area contributed by atoms with Crippen LogP contribution in [0, 0.1) is 12.7 Å². The molecule has 0 radical (unpaired) electrons. The highest BCUT2D eigenvalue weighted by Crippen LogP contribution is 2.31. The van der Waals surface area contributed by atoms with Gasteiger partial charge in [-0.15, -0.1) is 0 Å².